The second-order valence-electron chi connectivity index (χ2n) is 9.75. The van der Waals surface area contributed by atoms with Crippen LogP contribution in [-0.4, -0.2) is 58.0 Å². The number of hydrogen-bond acceptors (Lipinski definition) is 6. The number of amides is 2. The highest BCUT2D eigenvalue weighted by molar-refractivity contribution is 7.92. The highest BCUT2D eigenvalue weighted by atomic mass is 35.5. The number of halogens is 1. The number of anilines is 1. The SMILES string of the molecule is CC[C@@H](C)NC(=O)[C@@H](CC)N(Cc1ccc(OC)cc1)C(=O)CN(c1cc(Cl)ccc1OC)S(=O)(=O)c1ccccc1. The molecule has 0 aliphatic carbocycles. The van der Waals surface area contributed by atoms with Crippen molar-refractivity contribution in [2.24, 2.45) is 0 Å². The van der Waals surface area contributed by atoms with Gasteiger partial charge in [0.05, 0.1) is 24.8 Å². The molecule has 3 aromatic carbocycles. The Balaban J connectivity index is 2.11. The molecular formula is C31H38ClN3O6S. The number of hydrogen-bond donors (Lipinski definition) is 1. The zero-order valence-corrected chi connectivity index (χ0v) is 26.1. The highest BCUT2D eigenvalue weighted by Gasteiger charge is 2.35. The highest BCUT2D eigenvalue weighted by Crippen LogP contribution is 2.35. The fourth-order valence-electron chi connectivity index (χ4n) is 4.38. The Bertz CT molecular complexity index is 1450. The number of sulfonamides is 1. The third kappa shape index (κ3) is 7.95. The molecule has 0 aliphatic heterocycles. The molecule has 2 atom stereocenters. The van der Waals surface area contributed by atoms with Crippen molar-refractivity contribution in [1.82, 2.24) is 10.2 Å². The number of methoxy groups -OCH3 is 2. The Morgan fingerprint density at radius 3 is 2.17 bits per heavy atom. The first-order valence-electron chi connectivity index (χ1n) is 13.7. The van der Waals surface area contributed by atoms with E-state index in [4.69, 9.17) is 21.1 Å². The molecule has 11 heteroatoms. The van der Waals surface area contributed by atoms with Gasteiger partial charge in [0.15, 0.2) is 0 Å². The van der Waals surface area contributed by atoms with Crippen molar-refractivity contribution >= 4 is 39.1 Å². The number of benzene rings is 3. The van der Waals surface area contributed by atoms with Crippen LogP contribution in [-0.2, 0) is 26.2 Å². The Kier molecular flexibility index (Phi) is 11.6. The zero-order valence-electron chi connectivity index (χ0n) is 24.5. The summed E-state index contributed by atoms with van der Waals surface area (Å²) in [7, 11) is -1.29. The van der Waals surface area contributed by atoms with Crippen molar-refractivity contribution in [2.45, 2.75) is 57.1 Å². The Morgan fingerprint density at radius 2 is 1.60 bits per heavy atom. The minimum absolute atomic E-state index is 0.0110. The van der Waals surface area contributed by atoms with E-state index in [1.807, 2.05) is 20.8 Å². The van der Waals surface area contributed by atoms with E-state index < -0.39 is 28.5 Å². The molecular weight excluding hydrogens is 578 g/mol. The van der Waals surface area contributed by atoms with Crippen LogP contribution >= 0.6 is 11.6 Å². The minimum Gasteiger partial charge on any atom is -0.497 e. The summed E-state index contributed by atoms with van der Waals surface area (Å²) < 4.78 is 39.7. The van der Waals surface area contributed by atoms with Crippen molar-refractivity contribution in [3.05, 3.63) is 83.4 Å². The van der Waals surface area contributed by atoms with Crippen LogP contribution in [0.25, 0.3) is 0 Å². The van der Waals surface area contributed by atoms with Crippen LogP contribution in [0.1, 0.15) is 39.2 Å². The van der Waals surface area contributed by atoms with E-state index in [9.17, 15) is 18.0 Å². The molecule has 42 heavy (non-hydrogen) atoms. The van der Waals surface area contributed by atoms with Crippen LogP contribution < -0.4 is 19.1 Å². The standard InChI is InChI=1S/C31H38ClN3O6S/c1-6-22(3)33-31(37)27(7-2)34(20-23-13-16-25(40-4)17-14-23)30(36)21-35(28-19-24(32)15-18-29(28)41-5)42(38,39)26-11-9-8-10-12-26/h8-19,22,27H,6-7,20-21H2,1-5H3,(H,33,37)/t22-,27-/m1/s1. The van der Waals surface area contributed by atoms with Crippen molar-refractivity contribution in [2.75, 3.05) is 25.1 Å². The van der Waals surface area contributed by atoms with Gasteiger partial charge >= 0.3 is 0 Å². The zero-order chi connectivity index (χ0) is 30.9. The molecule has 3 aromatic rings. The maximum Gasteiger partial charge on any atom is 0.264 e. The Hall–Kier alpha value is -3.76. The van der Waals surface area contributed by atoms with Gasteiger partial charge in [0, 0.05) is 17.6 Å². The first-order valence-corrected chi connectivity index (χ1v) is 15.5. The lowest BCUT2D eigenvalue weighted by Gasteiger charge is -2.34. The van der Waals surface area contributed by atoms with E-state index >= 15 is 0 Å². The summed E-state index contributed by atoms with van der Waals surface area (Å²) in [4.78, 5) is 29.0. The van der Waals surface area contributed by atoms with Crippen molar-refractivity contribution < 1.29 is 27.5 Å². The third-order valence-electron chi connectivity index (χ3n) is 6.92. The van der Waals surface area contributed by atoms with Crippen LogP contribution in [0.5, 0.6) is 11.5 Å². The predicted octanol–water partition coefficient (Wildman–Crippen LogP) is 5.27. The van der Waals surface area contributed by atoms with E-state index in [1.165, 1.54) is 30.2 Å². The average Bonchev–Trinajstić information content (AvgIpc) is 3.00. The first-order chi connectivity index (χ1) is 20.0. The van der Waals surface area contributed by atoms with E-state index in [0.717, 1.165) is 9.87 Å². The van der Waals surface area contributed by atoms with Gasteiger partial charge in [-0.3, -0.25) is 13.9 Å². The number of nitrogens with one attached hydrogen (secondary N) is 1. The topological polar surface area (TPSA) is 105 Å². The molecule has 0 aromatic heterocycles. The molecule has 0 fully saturated rings. The minimum atomic E-state index is -4.26. The van der Waals surface area contributed by atoms with E-state index in [2.05, 4.69) is 5.32 Å². The molecule has 0 saturated carbocycles. The molecule has 0 aliphatic rings. The van der Waals surface area contributed by atoms with Gasteiger partial charge in [0.1, 0.15) is 24.1 Å². The average molecular weight is 616 g/mol. The van der Waals surface area contributed by atoms with Gasteiger partial charge in [0.2, 0.25) is 11.8 Å². The van der Waals surface area contributed by atoms with Gasteiger partial charge < -0.3 is 19.7 Å². The molecule has 0 heterocycles. The molecule has 1 N–H and O–H groups in total. The fourth-order valence-corrected chi connectivity index (χ4v) is 5.98. The number of nitrogens with zero attached hydrogens (tertiary/aromatic N) is 2. The third-order valence-corrected chi connectivity index (χ3v) is 8.93. The quantitative estimate of drug-likeness (QED) is 0.265. The van der Waals surface area contributed by atoms with E-state index in [1.54, 1.807) is 61.7 Å². The molecule has 0 radical (unpaired) electrons. The van der Waals surface area contributed by atoms with Crippen molar-refractivity contribution in [3.8, 4) is 11.5 Å². The monoisotopic (exact) mass is 615 g/mol. The summed E-state index contributed by atoms with van der Waals surface area (Å²) in [6.45, 7) is 5.13. The van der Waals surface area contributed by atoms with E-state index in [-0.39, 0.29) is 39.8 Å². The lowest BCUT2D eigenvalue weighted by molar-refractivity contribution is -0.140. The van der Waals surface area contributed by atoms with Crippen LogP contribution in [0, 0.1) is 0 Å². The molecule has 0 saturated heterocycles. The molecule has 3 rings (SSSR count). The molecule has 0 unspecified atom stereocenters. The van der Waals surface area contributed by atoms with Gasteiger partial charge in [0.25, 0.3) is 10.0 Å². The van der Waals surface area contributed by atoms with Crippen molar-refractivity contribution in [1.29, 1.82) is 0 Å². The van der Waals surface area contributed by atoms with Gasteiger partial charge in [-0.25, -0.2) is 8.42 Å². The maximum atomic E-state index is 14.2. The normalized spacial score (nSPS) is 12.6. The largest absolute Gasteiger partial charge is 0.497 e. The Morgan fingerprint density at radius 1 is 0.929 bits per heavy atom. The maximum absolute atomic E-state index is 14.2. The second kappa shape index (κ2) is 14.9. The van der Waals surface area contributed by atoms with Gasteiger partial charge in [-0.1, -0.05) is 55.8 Å². The number of rotatable bonds is 14. The number of ether oxygens (including phenoxy) is 2. The summed E-state index contributed by atoms with van der Waals surface area (Å²) in [6, 6.07) is 18.5. The summed E-state index contributed by atoms with van der Waals surface area (Å²) in [5.74, 6) is -0.0219. The van der Waals surface area contributed by atoms with E-state index in [0.29, 0.717) is 18.6 Å². The second-order valence-corrected chi connectivity index (χ2v) is 12.1. The molecule has 9 nitrogen and oxygen atoms in total. The molecule has 0 bridgehead atoms. The smallest absolute Gasteiger partial charge is 0.264 e. The Labute approximate surface area is 253 Å². The van der Waals surface area contributed by atoms with Gasteiger partial charge in [-0.05, 0) is 67.8 Å². The summed E-state index contributed by atoms with van der Waals surface area (Å²) in [6.07, 6.45) is 1.03. The van der Waals surface area contributed by atoms with Crippen molar-refractivity contribution in [3.63, 3.8) is 0 Å². The first kappa shape index (κ1) is 32.8. The van der Waals surface area contributed by atoms with Crippen LogP contribution in [0.4, 0.5) is 5.69 Å². The molecule has 0 spiro atoms. The lowest BCUT2D eigenvalue weighted by Crippen LogP contribution is -2.53. The summed E-state index contributed by atoms with van der Waals surface area (Å²) in [5, 5.41) is 3.23. The molecule has 226 valence electrons. The predicted molar refractivity (Wildman–Crippen MR) is 164 cm³/mol. The van der Waals surface area contributed by atoms with Crippen LogP contribution in [0.2, 0.25) is 5.02 Å². The van der Waals surface area contributed by atoms with Crippen LogP contribution in [0.3, 0.4) is 0 Å². The summed E-state index contributed by atoms with van der Waals surface area (Å²) >= 11 is 6.29. The molecule has 2 amide bonds. The lowest BCUT2D eigenvalue weighted by atomic mass is 10.1. The number of carbonyl (C=O) groups excluding carboxylic acids is 2. The van der Waals surface area contributed by atoms with Gasteiger partial charge in [-0.2, -0.15) is 0 Å². The van der Waals surface area contributed by atoms with Crippen LogP contribution in [0.15, 0.2) is 77.7 Å². The van der Waals surface area contributed by atoms with Gasteiger partial charge in [-0.15, -0.1) is 0 Å². The number of carbonyl (C=O) groups is 2. The fraction of sp³-hybridized carbons (Fsp3) is 0.355. The summed E-state index contributed by atoms with van der Waals surface area (Å²) in [5.41, 5.74) is 0.848.